The van der Waals surface area contributed by atoms with Gasteiger partial charge in [0.2, 0.25) is 6.79 Å². The molecule has 0 saturated carbocycles. The molecule has 0 saturated heterocycles. The normalized spacial score (nSPS) is 14.9. The third kappa shape index (κ3) is 6.74. The van der Waals surface area contributed by atoms with E-state index in [2.05, 4.69) is 27.6 Å². The molecule has 4 aromatic rings. The molecule has 0 bridgehead atoms. The number of aromatic nitrogens is 1. The predicted octanol–water partition coefficient (Wildman–Crippen LogP) is 5.13. The molecule has 0 unspecified atom stereocenters. The molecule has 13 heteroatoms. The van der Waals surface area contributed by atoms with E-state index < -0.39 is 12.0 Å². The Labute approximate surface area is 294 Å². The van der Waals surface area contributed by atoms with Gasteiger partial charge in [-0.05, 0) is 103 Å². The van der Waals surface area contributed by atoms with Crippen molar-refractivity contribution < 1.29 is 38.0 Å². The highest BCUT2D eigenvalue weighted by Crippen LogP contribution is 2.38. The second-order valence-electron chi connectivity index (χ2n) is 10.5. The molecule has 2 aliphatic heterocycles. The predicted molar refractivity (Wildman–Crippen MR) is 187 cm³/mol. The van der Waals surface area contributed by atoms with Crippen molar-refractivity contribution in [1.29, 1.82) is 0 Å². The fourth-order valence-corrected chi connectivity index (χ4v) is 7.15. The minimum Gasteiger partial charge on any atom is -0.490 e. The molecule has 6 rings (SSSR count). The molecule has 0 aliphatic carbocycles. The first-order chi connectivity index (χ1) is 23.3. The van der Waals surface area contributed by atoms with E-state index in [4.69, 9.17) is 33.2 Å². The van der Waals surface area contributed by atoms with Crippen LogP contribution in [0.25, 0.3) is 6.08 Å². The average molecular weight is 785 g/mol. The summed E-state index contributed by atoms with van der Waals surface area (Å²) in [5.74, 6) is 3.04. The van der Waals surface area contributed by atoms with E-state index in [9.17, 15) is 9.59 Å². The standard InChI is InChI=1S/C35H33IN2O9S/c1-5-42-25-11-9-22(16-28(25)43-6-2)31-23(34(40)41-4)17-37-35-38(31)33(39)30(48-35)15-21-12-24(36)32(29(14-21)44-7-3)45-18-20-8-10-26-27(13-20)47-19-46-26/h8-17,31H,5-7,18-19H2,1-4H3/b30-15-/t31-/m1/s1. The largest absolute Gasteiger partial charge is 0.490 e. The molecule has 11 nitrogen and oxygen atoms in total. The number of halogens is 1. The number of thiazole rings is 1. The van der Waals surface area contributed by atoms with Crippen LogP contribution in [0.5, 0.6) is 34.5 Å². The summed E-state index contributed by atoms with van der Waals surface area (Å²) in [6.07, 6.45) is 3.25. The first kappa shape index (κ1) is 33.4. The molecule has 0 amide bonds. The lowest BCUT2D eigenvalue weighted by Crippen LogP contribution is -2.39. The van der Waals surface area contributed by atoms with Gasteiger partial charge in [-0.3, -0.25) is 9.36 Å². The first-order valence-corrected chi connectivity index (χ1v) is 17.2. The highest BCUT2D eigenvalue weighted by atomic mass is 127. The van der Waals surface area contributed by atoms with Crippen LogP contribution < -0.4 is 43.3 Å². The third-order valence-corrected chi connectivity index (χ3v) is 9.26. The van der Waals surface area contributed by atoms with Crippen LogP contribution >= 0.6 is 33.9 Å². The molecule has 0 spiro atoms. The number of hydrogen-bond acceptors (Lipinski definition) is 11. The van der Waals surface area contributed by atoms with Gasteiger partial charge in [-0.2, -0.15) is 0 Å². The number of benzene rings is 3. The van der Waals surface area contributed by atoms with Crippen LogP contribution in [0.1, 0.15) is 43.5 Å². The maximum Gasteiger partial charge on any atom is 0.337 e. The van der Waals surface area contributed by atoms with Crippen LogP contribution in [-0.4, -0.2) is 44.3 Å². The second kappa shape index (κ2) is 14.7. The van der Waals surface area contributed by atoms with Crippen LogP contribution in [0.2, 0.25) is 0 Å². The first-order valence-electron chi connectivity index (χ1n) is 15.3. The zero-order chi connectivity index (χ0) is 33.8. The Balaban J connectivity index is 1.37. The number of fused-ring (bicyclic) bond motifs is 2. The topological polar surface area (TPSA) is 116 Å². The molecule has 1 aromatic heterocycles. The van der Waals surface area contributed by atoms with Gasteiger partial charge in [0.1, 0.15) is 6.61 Å². The average Bonchev–Trinajstić information content (AvgIpc) is 3.68. The summed E-state index contributed by atoms with van der Waals surface area (Å²) in [6, 6.07) is 14.0. The van der Waals surface area contributed by atoms with Gasteiger partial charge >= 0.3 is 5.97 Å². The summed E-state index contributed by atoms with van der Waals surface area (Å²) in [7, 11) is 1.30. The minimum atomic E-state index is -0.795. The van der Waals surface area contributed by atoms with E-state index in [1.165, 1.54) is 29.2 Å². The van der Waals surface area contributed by atoms with E-state index in [1.807, 2.05) is 57.2 Å². The lowest BCUT2D eigenvalue weighted by molar-refractivity contribution is -0.136. The SMILES string of the molecule is CCOc1ccc([C@@H]2C(C(=O)OC)=CN=c3s/c(=C\c4cc(I)c(OCc5ccc6c(c5)OCO6)c(OCC)c4)c(=O)n32)cc1OCC. The molecule has 48 heavy (non-hydrogen) atoms. The number of hydrogen-bond donors (Lipinski definition) is 0. The number of carbonyl (C=O) groups excluding carboxylic acids is 1. The highest BCUT2D eigenvalue weighted by molar-refractivity contribution is 14.1. The number of ether oxygens (including phenoxy) is 7. The van der Waals surface area contributed by atoms with Gasteiger partial charge in [-0.15, -0.1) is 0 Å². The van der Waals surface area contributed by atoms with Gasteiger partial charge in [0.25, 0.3) is 5.56 Å². The highest BCUT2D eigenvalue weighted by Gasteiger charge is 2.31. The fourth-order valence-electron chi connectivity index (χ4n) is 5.40. The van der Waals surface area contributed by atoms with E-state index in [-0.39, 0.29) is 17.9 Å². The number of carbonyl (C=O) groups is 1. The summed E-state index contributed by atoms with van der Waals surface area (Å²) in [4.78, 5) is 32.0. The molecular formula is C35H33IN2O9S. The number of esters is 1. The summed E-state index contributed by atoms with van der Waals surface area (Å²) in [6.45, 7) is 7.45. The van der Waals surface area contributed by atoms with Gasteiger partial charge in [0.15, 0.2) is 39.3 Å². The molecule has 0 radical (unpaired) electrons. The van der Waals surface area contributed by atoms with Gasteiger partial charge in [-0.1, -0.05) is 23.5 Å². The van der Waals surface area contributed by atoms with Crippen molar-refractivity contribution in [3.63, 3.8) is 0 Å². The van der Waals surface area contributed by atoms with E-state index >= 15 is 0 Å². The molecule has 0 N–H and O–H groups in total. The molecule has 2 aliphatic rings. The van der Waals surface area contributed by atoms with E-state index in [1.54, 1.807) is 18.2 Å². The van der Waals surface area contributed by atoms with E-state index in [0.717, 1.165) is 14.7 Å². The van der Waals surface area contributed by atoms with Crippen LogP contribution in [0.3, 0.4) is 0 Å². The Hall–Kier alpha value is -4.50. The number of rotatable bonds is 12. The van der Waals surface area contributed by atoms with Crippen molar-refractivity contribution in [3.8, 4) is 34.5 Å². The summed E-state index contributed by atoms with van der Waals surface area (Å²) >= 11 is 3.43. The smallest absolute Gasteiger partial charge is 0.337 e. The second-order valence-corrected chi connectivity index (χ2v) is 12.7. The van der Waals surface area contributed by atoms with Crippen LogP contribution in [-0.2, 0) is 16.1 Å². The number of methoxy groups -OCH3 is 1. The van der Waals surface area contributed by atoms with Crippen molar-refractivity contribution in [1.82, 2.24) is 4.57 Å². The van der Waals surface area contributed by atoms with E-state index in [0.29, 0.717) is 75.8 Å². The molecule has 3 heterocycles. The summed E-state index contributed by atoms with van der Waals surface area (Å²) in [5, 5.41) is 0. The quantitative estimate of drug-likeness (QED) is 0.143. The number of nitrogens with zero attached hydrogens (tertiary/aromatic N) is 2. The van der Waals surface area contributed by atoms with Crippen LogP contribution in [0.15, 0.2) is 70.1 Å². The monoisotopic (exact) mass is 784 g/mol. The van der Waals surface area contributed by atoms with Crippen molar-refractivity contribution in [2.45, 2.75) is 33.4 Å². The van der Waals surface area contributed by atoms with Crippen LogP contribution in [0, 0.1) is 3.57 Å². The Kier molecular flexibility index (Phi) is 10.2. The Bertz CT molecular complexity index is 2070. The van der Waals surface area contributed by atoms with Gasteiger partial charge < -0.3 is 33.2 Å². The molecular weight excluding hydrogens is 751 g/mol. The summed E-state index contributed by atoms with van der Waals surface area (Å²) in [5.41, 5.74) is 2.23. The lowest BCUT2D eigenvalue weighted by atomic mass is 9.97. The molecule has 3 aromatic carbocycles. The minimum absolute atomic E-state index is 0.203. The van der Waals surface area contributed by atoms with Crippen LogP contribution in [0.4, 0.5) is 0 Å². The third-order valence-electron chi connectivity index (χ3n) is 7.46. The van der Waals surface area contributed by atoms with Gasteiger partial charge in [0.05, 0.1) is 46.6 Å². The van der Waals surface area contributed by atoms with Gasteiger partial charge in [0, 0.05) is 6.20 Å². The molecule has 0 fully saturated rings. The lowest BCUT2D eigenvalue weighted by Gasteiger charge is -2.23. The molecule has 250 valence electrons. The van der Waals surface area contributed by atoms with Crippen molar-refractivity contribution in [2.24, 2.45) is 4.99 Å². The fraction of sp³-hybridized carbons (Fsp3) is 0.286. The Morgan fingerprint density at radius 2 is 1.71 bits per heavy atom. The van der Waals surface area contributed by atoms with Gasteiger partial charge in [-0.25, -0.2) is 9.79 Å². The van der Waals surface area contributed by atoms with Crippen molar-refractivity contribution in [3.05, 3.63) is 100 Å². The zero-order valence-electron chi connectivity index (χ0n) is 26.7. The Morgan fingerprint density at radius 1 is 0.958 bits per heavy atom. The van der Waals surface area contributed by atoms with Crippen molar-refractivity contribution >= 4 is 46.0 Å². The summed E-state index contributed by atoms with van der Waals surface area (Å²) < 4.78 is 42.5. The maximum atomic E-state index is 14.1. The zero-order valence-corrected chi connectivity index (χ0v) is 29.7. The van der Waals surface area contributed by atoms with Crippen molar-refractivity contribution in [2.75, 3.05) is 33.7 Å². The maximum absolute atomic E-state index is 14.1. The molecule has 1 atom stereocenters. The Morgan fingerprint density at radius 3 is 2.48 bits per heavy atom.